The number of hydrogen-bond donors (Lipinski definition) is 2. The summed E-state index contributed by atoms with van der Waals surface area (Å²) in [6, 6.07) is 13.7. The van der Waals surface area contributed by atoms with Crippen LogP contribution in [0.15, 0.2) is 56.5 Å². The number of rotatable bonds is 5. The first kappa shape index (κ1) is 16.9. The minimum absolute atomic E-state index is 0.114. The van der Waals surface area contributed by atoms with E-state index in [0.717, 1.165) is 25.8 Å². The molecule has 0 fully saturated rings. The number of ether oxygens (including phenoxy) is 1. The van der Waals surface area contributed by atoms with Crippen LogP contribution in [0, 0.1) is 0 Å². The number of hydrogen-bond acceptors (Lipinski definition) is 3. The number of halogens is 2. The maximum atomic E-state index is 5.86. The van der Waals surface area contributed by atoms with Crippen LogP contribution in [0.2, 0.25) is 0 Å². The van der Waals surface area contributed by atoms with E-state index in [-0.39, 0.29) is 5.11 Å². The van der Waals surface area contributed by atoms with E-state index in [1.807, 2.05) is 42.5 Å². The average Bonchev–Trinajstić information content (AvgIpc) is 2.48. The maximum absolute atomic E-state index is 5.86. The van der Waals surface area contributed by atoms with Crippen LogP contribution < -0.4 is 15.9 Å². The van der Waals surface area contributed by atoms with Crippen LogP contribution in [0.4, 0.5) is 0 Å². The fourth-order valence-corrected chi connectivity index (χ4v) is 2.35. The van der Waals surface area contributed by atoms with Crippen molar-refractivity contribution in [2.45, 2.75) is 6.61 Å². The lowest BCUT2D eigenvalue weighted by molar-refractivity contribution is 0.305. The van der Waals surface area contributed by atoms with Crippen LogP contribution in [0.1, 0.15) is 11.1 Å². The molecule has 0 saturated heterocycles. The second kappa shape index (κ2) is 8.26. The third-order valence-electron chi connectivity index (χ3n) is 2.66. The van der Waals surface area contributed by atoms with Gasteiger partial charge in [0.05, 0.1) is 6.21 Å². The Morgan fingerprint density at radius 1 is 1.18 bits per heavy atom. The molecule has 22 heavy (non-hydrogen) atoms. The minimum atomic E-state index is 0.114. The molecule has 0 aliphatic carbocycles. The molecule has 0 unspecified atom stereocenters. The van der Waals surface area contributed by atoms with Crippen molar-refractivity contribution < 1.29 is 4.74 Å². The highest BCUT2D eigenvalue weighted by molar-refractivity contribution is 9.10. The van der Waals surface area contributed by atoms with E-state index in [1.165, 1.54) is 0 Å². The molecule has 0 saturated carbocycles. The molecule has 2 rings (SSSR count). The van der Waals surface area contributed by atoms with Crippen molar-refractivity contribution in [2.75, 3.05) is 0 Å². The SMILES string of the molecule is NC(=S)NN=Cc1cc(Br)ccc1OCc1ccc(Br)cc1. The summed E-state index contributed by atoms with van der Waals surface area (Å²) in [5.41, 5.74) is 9.75. The molecule has 7 heteroatoms. The quantitative estimate of drug-likeness (QED) is 0.418. The first-order valence-corrected chi connectivity index (χ1v) is 8.29. The van der Waals surface area contributed by atoms with Crippen molar-refractivity contribution in [3.8, 4) is 5.75 Å². The molecule has 0 heterocycles. The van der Waals surface area contributed by atoms with Gasteiger partial charge in [-0.15, -0.1) is 0 Å². The van der Waals surface area contributed by atoms with E-state index < -0.39 is 0 Å². The third kappa shape index (κ3) is 5.40. The standard InChI is InChI=1S/C15H13Br2N3OS/c16-12-3-1-10(2-4-12)9-21-14-6-5-13(17)7-11(14)8-19-20-15(18)22/h1-8H,9H2,(H3,18,20,22). The molecule has 4 nitrogen and oxygen atoms in total. The molecule has 0 amide bonds. The molecule has 0 aromatic heterocycles. The molecule has 2 aromatic rings. The summed E-state index contributed by atoms with van der Waals surface area (Å²) in [4.78, 5) is 0. The Balaban J connectivity index is 2.10. The Labute approximate surface area is 151 Å². The van der Waals surface area contributed by atoms with E-state index in [1.54, 1.807) is 6.21 Å². The first-order chi connectivity index (χ1) is 10.5. The topological polar surface area (TPSA) is 59.6 Å². The van der Waals surface area contributed by atoms with Gasteiger partial charge in [0.2, 0.25) is 0 Å². The van der Waals surface area contributed by atoms with Crippen molar-refractivity contribution >= 4 is 55.4 Å². The highest BCUT2D eigenvalue weighted by Crippen LogP contribution is 2.23. The van der Waals surface area contributed by atoms with E-state index in [9.17, 15) is 0 Å². The van der Waals surface area contributed by atoms with Crippen molar-refractivity contribution in [1.82, 2.24) is 5.43 Å². The lowest BCUT2D eigenvalue weighted by Gasteiger charge is -2.10. The molecular formula is C15H13Br2N3OS. The Bertz CT molecular complexity index is 690. The summed E-state index contributed by atoms with van der Waals surface area (Å²) in [6.07, 6.45) is 1.61. The Morgan fingerprint density at radius 2 is 1.86 bits per heavy atom. The zero-order valence-corrected chi connectivity index (χ0v) is 15.4. The summed E-state index contributed by atoms with van der Waals surface area (Å²) in [7, 11) is 0. The van der Waals surface area contributed by atoms with E-state index >= 15 is 0 Å². The van der Waals surface area contributed by atoms with Crippen LogP contribution in [0.5, 0.6) is 5.75 Å². The predicted molar refractivity (Wildman–Crippen MR) is 100 cm³/mol. The van der Waals surface area contributed by atoms with Gasteiger partial charge in [-0.05, 0) is 48.1 Å². The summed E-state index contributed by atoms with van der Waals surface area (Å²) >= 11 is 11.5. The summed E-state index contributed by atoms with van der Waals surface area (Å²) in [5, 5.41) is 4.08. The van der Waals surface area contributed by atoms with Gasteiger partial charge >= 0.3 is 0 Å². The van der Waals surface area contributed by atoms with Crippen LogP contribution >= 0.6 is 44.1 Å². The molecule has 114 valence electrons. The highest BCUT2D eigenvalue weighted by atomic mass is 79.9. The molecular weight excluding hydrogens is 430 g/mol. The van der Waals surface area contributed by atoms with Gasteiger partial charge in [-0.25, -0.2) is 0 Å². The largest absolute Gasteiger partial charge is 0.488 e. The number of thiocarbonyl (C=S) groups is 1. The first-order valence-electron chi connectivity index (χ1n) is 6.30. The predicted octanol–water partition coefficient (Wildman–Crippen LogP) is 3.96. The fraction of sp³-hybridized carbons (Fsp3) is 0.0667. The lowest BCUT2D eigenvalue weighted by Crippen LogP contribution is -2.24. The minimum Gasteiger partial charge on any atom is -0.488 e. The molecule has 2 aromatic carbocycles. The van der Waals surface area contributed by atoms with Gasteiger partial charge in [0.1, 0.15) is 12.4 Å². The van der Waals surface area contributed by atoms with Crippen molar-refractivity contribution in [3.63, 3.8) is 0 Å². The smallest absolute Gasteiger partial charge is 0.184 e. The van der Waals surface area contributed by atoms with Gasteiger partial charge in [-0.1, -0.05) is 44.0 Å². The van der Waals surface area contributed by atoms with E-state index in [4.69, 9.17) is 22.7 Å². The Kier molecular flexibility index (Phi) is 6.35. The molecule has 0 bridgehead atoms. The summed E-state index contributed by atoms with van der Waals surface area (Å²) in [5.74, 6) is 0.722. The molecule has 0 radical (unpaired) electrons. The van der Waals surface area contributed by atoms with Gasteiger partial charge in [-0.3, -0.25) is 5.43 Å². The van der Waals surface area contributed by atoms with Gasteiger partial charge in [-0.2, -0.15) is 5.10 Å². The van der Waals surface area contributed by atoms with Crippen LogP contribution in [-0.2, 0) is 6.61 Å². The zero-order chi connectivity index (χ0) is 15.9. The molecule has 3 N–H and O–H groups in total. The van der Waals surface area contributed by atoms with Crippen LogP contribution in [0.25, 0.3) is 0 Å². The number of hydrazone groups is 1. The summed E-state index contributed by atoms with van der Waals surface area (Å²) in [6.45, 7) is 0.471. The number of nitrogens with one attached hydrogen (secondary N) is 1. The van der Waals surface area contributed by atoms with Gasteiger partial charge in [0.25, 0.3) is 0 Å². The van der Waals surface area contributed by atoms with E-state index in [2.05, 4.69) is 42.4 Å². The van der Waals surface area contributed by atoms with Crippen molar-refractivity contribution in [2.24, 2.45) is 10.8 Å². The van der Waals surface area contributed by atoms with Crippen molar-refractivity contribution in [3.05, 3.63) is 62.5 Å². The fourth-order valence-electron chi connectivity index (χ4n) is 1.66. The lowest BCUT2D eigenvalue weighted by atomic mass is 10.2. The molecule has 0 atom stereocenters. The number of nitrogens with two attached hydrogens (primary N) is 1. The van der Waals surface area contributed by atoms with E-state index in [0.29, 0.717) is 6.61 Å². The monoisotopic (exact) mass is 441 g/mol. The summed E-state index contributed by atoms with van der Waals surface area (Å²) < 4.78 is 7.83. The number of nitrogens with zero attached hydrogens (tertiary/aromatic N) is 1. The Hall–Kier alpha value is -1.44. The second-order valence-electron chi connectivity index (χ2n) is 4.33. The molecule has 0 spiro atoms. The number of benzene rings is 2. The zero-order valence-electron chi connectivity index (χ0n) is 11.4. The van der Waals surface area contributed by atoms with Gasteiger partial charge in [0.15, 0.2) is 5.11 Å². The molecule has 0 aliphatic rings. The van der Waals surface area contributed by atoms with Crippen LogP contribution in [0.3, 0.4) is 0 Å². The van der Waals surface area contributed by atoms with Gasteiger partial charge < -0.3 is 10.5 Å². The maximum Gasteiger partial charge on any atom is 0.184 e. The third-order valence-corrected chi connectivity index (χ3v) is 3.77. The highest BCUT2D eigenvalue weighted by Gasteiger charge is 2.04. The molecule has 0 aliphatic heterocycles. The van der Waals surface area contributed by atoms with Gasteiger partial charge in [0, 0.05) is 14.5 Å². The average molecular weight is 443 g/mol. The van der Waals surface area contributed by atoms with Crippen LogP contribution in [-0.4, -0.2) is 11.3 Å². The normalized spacial score (nSPS) is 10.6. The second-order valence-corrected chi connectivity index (χ2v) is 6.60. The Morgan fingerprint density at radius 3 is 2.55 bits per heavy atom. The van der Waals surface area contributed by atoms with Crippen molar-refractivity contribution in [1.29, 1.82) is 0 Å².